The quantitative estimate of drug-likeness (QED) is 0.891. The van der Waals surface area contributed by atoms with Crippen LogP contribution in [0.25, 0.3) is 0 Å². The van der Waals surface area contributed by atoms with Crippen molar-refractivity contribution in [2.24, 2.45) is 7.05 Å². The van der Waals surface area contributed by atoms with Crippen molar-refractivity contribution >= 4 is 11.8 Å². The van der Waals surface area contributed by atoms with E-state index in [4.69, 9.17) is 0 Å². The summed E-state index contributed by atoms with van der Waals surface area (Å²) in [5.74, 6) is 0. The molecule has 3 nitrogen and oxygen atoms in total. The second kappa shape index (κ2) is 5.66. The van der Waals surface area contributed by atoms with Crippen LogP contribution in [0.15, 0.2) is 6.20 Å². The van der Waals surface area contributed by atoms with Crippen LogP contribution in [0.3, 0.4) is 0 Å². The molecule has 1 aromatic heterocycles. The van der Waals surface area contributed by atoms with E-state index < -0.39 is 0 Å². The number of rotatable bonds is 5. The molecule has 0 fully saturated rings. The number of aryl methyl sites for hydroxylation is 1. The molecule has 1 rings (SSSR count). The molecule has 1 N–H and O–H groups in total. The summed E-state index contributed by atoms with van der Waals surface area (Å²) < 4.78 is 2.20. The molecule has 0 aliphatic heterocycles. The van der Waals surface area contributed by atoms with Gasteiger partial charge in [-0.05, 0) is 20.1 Å². The first-order valence-corrected chi connectivity index (χ1v) is 7.67. The zero-order chi connectivity index (χ0) is 14.0. The van der Waals surface area contributed by atoms with Crippen LogP contribution in [-0.4, -0.2) is 27.3 Å². The molecule has 18 heavy (non-hydrogen) atoms. The fourth-order valence-electron chi connectivity index (χ4n) is 1.87. The third kappa shape index (κ3) is 4.32. The molecular weight excluding hydrogens is 242 g/mol. The highest BCUT2D eigenvalue weighted by Crippen LogP contribution is 2.24. The predicted molar refractivity (Wildman–Crippen MR) is 81.2 cm³/mol. The molecule has 104 valence electrons. The standard InChI is InChI=1S/C14H27N3S/c1-13(2,3)12-11(9-17(6)16-12)8-15-10-14(4,5)18-7/h9,15H,8,10H2,1-7H3. The van der Waals surface area contributed by atoms with Crippen LogP contribution in [0.2, 0.25) is 0 Å². The zero-order valence-electron chi connectivity index (χ0n) is 12.8. The van der Waals surface area contributed by atoms with Crippen molar-refractivity contribution in [2.75, 3.05) is 12.8 Å². The summed E-state index contributed by atoms with van der Waals surface area (Å²) >= 11 is 1.89. The van der Waals surface area contributed by atoms with E-state index in [1.54, 1.807) is 0 Å². The van der Waals surface area contributed by atoms with E-state index in [0.717, 1.165) is 13.1 Å². The minimum absolute atomic E-state index is 0.104. The second-order valence-electron chi connectivity index (χ2n) is 6.49. The van der Waals surface area contributed by atoms with Gasteiger partial charge >= 0.3 is 0 Å². The summed E-state index contributed by atoms with van der Waals surface area (Å²) in [5.41, 5.74) is 2.61. The van der Waals surface area contributed by atoms with Gasteiger partial charge in [0.15, 0.2) is 0 Å². The topological polar surface area (TPSA) is 29.9 Å². The first kappa shape index (κ1) is 15.6. The van der Waals surface area contributed by atoms with Crippen LogP contribution in [-0.2, 0) is 19.0 Å². The van der Waals surface area contributed by atoms with Gasteiger partial charge in [0.2, 0.25) is 0 Å². The van der Waals surface area contributed by atoms with Gasteiger partial charge in [-0.15, -0.1) is 0 Å². The van der Waals surface area contributed by atoms with Crippen LogP contribution in [0.5, 0.6) is 0 Å². The van der Waals surface area contributed by atoms with Gasteiger partial charge in [0.1, 0.15) is 0 Å². The number of hydrogen-bond acceptors (Lipinski definition) is 3. The largest absolute Gasteiger partial charge is 0.311 e. The Morgan fingerprint density at radius 3 is 2.39 bits per heavy atom. The van der Waals surface area contributed by atoms with Gasteiger partial charge in [-0.25, -0.2) is 0 Å². The minimum atomic E-state index is 0.104. The second-order valence-corrected chi connectivity index (χ2v) is 8.01. The Balaban J connectivity index is 2.68. The molecule has 0 aliphatic carbocycles. The lowest BCUT2D eigenvalue weighted by Gasteiger charge is -2.23. The van der Waals surface area contributed by atoms with Gasteiger partial charge in [0.25, 0.3) is 0 Å². The maximum Gasteiger partial charge on any atom is 0.0722 e. The van der Waals surface area contributed by atoms with Crippen molar-refractivity contribution in [1.29, 1.82) is 0 Å². The first-order valence-electron chi connectivity index (χ1n) is 6.44. The lowest BCUT2D eigenvalue weighted by molar-refractivity contribution is 0.538. The molecule has 4 heteroatoms. The van der Waals surface area contributed by atoms with Crippen LogP contribution in [0, 0.1) is 0 Å². The summed E-state index contributed by atoms with van der Waals surface area (Å²) in [7, 11) is 1.99. The molecule has 1 aromatic rings. The molecule has 0 radical (unpaired) electrons. The number of nitrogens with one attached hydrogen (secondary N) is 1. The molecule has 0 atom stereocenters. The van der Waals surface area contributed by atoms with Crippen molar-refractivity contribution in [3.63, 3.8) is 0 Å². The molecule has 0 saturated carbocycles. The number of nitrogens with zero attached hydrogens (tertiary/aromatic N) is 2. The van der Waals surface area contributed by atoms with E-state index in [-0.39, 0.29) is 10.2 Å². The predicted octanol–water partition coefficient (Wildman–Crippen LogP) is 2.95. The molecule has 0 aromatic carbocycles. The third-order valence-corrected chi connectivity index (χ3v) is 4.28. The summed E-state index contributed by atoms with van der Waals surface area (Å²) in [5, 5.41) is 8.13. The fraction of sp³-hybridized carbons (Fsp3) is 0.786. The Bertz CT molecular complexity index is 388. The third-order valence-electron chi connectivity index (χ3n) is 3.03. The number of thioether (sulfide) groups is 1. The Hall–Kier alpha value is -0.480. The Morgan fingerprint density at radius 2 is 1.89 bits per heavy atom. The van der Waals surface area contributed by atoms with Crippen LogP contribution in [0.4, 0.5) is 0 Å². The molecule has 0 spiro atoms. The lowest BCUT2D eigenvalue weighted by Crippen LogP contribution is -2.32. The first-order chi connectivity index (χ1) is 8.15. The molecule has 1 heterocycles. The molecule has 0 amide bonds. The van der Waals surface area contributed by atoms with Crippen LogP contribution in [0.1, 0.15) is 45.9 Å². The molecule has 0 bridgehead atoms. The average Bonchev–Trinajstić information content (AvgIpc) is 2.59. The summed E-state index contributed by atoms with van der Waals surface area (Å²) in [6, 6.07) is 0. The summed E-state index contributed by atoms with van der Waals surface area (Å²) in [6.07, 6.45) is 4.28. The highest BCUT2D eigenvalue weighted by molar-refractivity contribution is 7.99. The van der Waals surface area contributed by atoms with Gasteiger partial charge in [-0.1, -0.05) is 20.8 Å². The van der Waals surface area contributed by atoms with Gasteiger partial charge < -0.3 is 5.32 Å². The van der Waals surface area contributed by atoms with Crippen molar-refractivity contribution in [3.8, 4) is 0 Å². The fourth-order valence-corrected chi connectivity index (χ4v) is 2.12. The Morgan fingerprint density at radius 1 is 1.28 bits per heavy atom. The monoisotopic (exact) mass is 269 g/mol. The van der Waals surface area contributed by atoms with Crippen molar-refractivity contribution < 1.29 is 0 Å². The smallest absolute Gasteiger partial charge is 0.0722 e. The van der Waals surface area contributed by atoms with Gasteiger partial charge in [0.05, 0.1) is 5.69 Å². The van der Waals surface area contributed by atoms with E-state index in [2.05, 4.69) is 57.5 Å². The molecule has 0 saturated heterocycles. The van der Waals surface area contributed by atoms with Crippen molar-refractivity contribution in [3.05, 3.63) is 17.5 Å². The molecular formula is C14H27N3S. The van der Waals surface area contributed by atoms with Crippen molar-refractivity contribution in [1.82, 2.24) is 15.1 Å². The van der Waals surface area contributed by atoms with E-state index in [0.29, 0.717) is 0 Å². The summed E-state index contributed by atoms with van der Waals surface area (Å²) in [6.45, 7) is 13.1. The van der Waals surface area contributed by atoms with E-state index in [9.17, 15) is 0 Å². The normalized spacial score (nSPS) is 13.1. The minimum Gasteiger partial charge on any atom is -0.311 e. The SMILES string of the molecule is CSC(C)(C)CNCc1cn(C)nc1C(C)(C)C. The average molecular weight is 269 g/mol. The number of aromatic nitrogens is 2. The zero-order valence-corrected chi connectivity index (χ0v) is 13.6. The van der Waals surface area contributed by atoms with Crippen LogP contribution < -0.4 is 5.32 Å². The molecule has 0 unspecified atom stereocenters. The number of hydrogen-bond donors (Lipinski definition) is 1. The summed E-state index contributed by atoms with van der Waals surface area (Å²) in [4.78, 5) is 0. The van der Waals surface area contributed by atoms with Crippen molar-refractivity contribution in [2.45, 2.75) is 51.3 Å². The lowest BCUT2D eigenvalue weighted by atomic mass is 9.89. The van der Waals surface area contributed by atoms with Gasteiger partial charge in [-0.2, -0.15) is 16.9 Å². The Labute approximate surface area is 116 Å². The van der Waals surface area contributed by atoms with Crippen LogP contribution >= 0.6 is 11.8 Å². The van der Waals surface area contributed by atoms with E-state index >= 15 is 0 Å². The Kier molecular flexibility index (Phi) is 4.90. The highest BCUT2D eigenvalue weighted by Gasteiger charge is 2.22. The highest BCUT2D eigenvalue weighted by atomic mass is 32.2. The molecule has 0 aliphatic rings. The van der Waals surface area contributed by atoms with Gasteiger partial charge in [0, 0.05) is 42.1 Å². The maximum atomic E-state index is 4.59. The van der Waals surface area contributed by atoms with E-state index in [1.807, 2.05) is 23.5 Å². The van der Waals surface area contributed by atoms with Gasteiger partial charge in [-0.3, -0.25) is 4.68 Å². The maximum absolute atomic E-state index is 4.59. The van der Waals surface area contributed by atoms with E-state index in [1.165, 1.54) is 11.3 Å².